The number of piperidine rings is 1. The lowest BCUT2D eigenvalue weighted by Crippen LogP contribution is -2.36. The first kappa shape index (κ1) is 22.5. The smallest absolute Gasteiger partial charge is 0.345 e. The normalized spacial score (nSPS) is 15.2. The fraction of sp³-hybridized carbons (Fsp3) is 0.476. The van der Waals surface area contributed by atoms with Crippen LogP contribution in [-0.2, 0) is 19.1 Å². The molecule has 1 aliphatic heterocycles. The van der Waals surface area contributed by atoms with Gasteiger partial charge in [-0.1, -0.05) is 0 Å². The molecule has 1 aliphatic rings. The molecular formula is C21H25F2NO5. The van der Waals surface area contributed by atoms with Gasteiger partial charge in [-0.15, -0.1) is 0 Å². The first-order valence-electron chi connectivity index (χ1n) is 9.58. The molecule has 0 saturated carbocycles. The minimum Gasteiger partial charge on any atom is -0.500 e. The second-order valence-electron chi connectivity index (χ2n) is 6.67. The first-order chi connectivity index (χ1) is 13.8. The summed E-state index contributed by atoms with van der Waals surface area (Å²) in [5, 5.41) is 0. The lowest BCUT2D eigenvalue weighted by Gasteiger charge is -2.31. The third-order valence-corrected chi connectivity index (χ3v) is 4.82. The Morgan fingerprint density at radius 2 is 1.76 bits per heavy atom. The van der Waals surface area contributed by atoms with Gasteiger partial charge in [0.05, 0.1) is 18.8 Å². The number of likely N-dealkylation sites (tertiary alicyclic amines) is 1. The number of carbonyl (C=O) groups excluding carboxylic acids is 3. The predicted molar refractivity (Wildman–Crippen MR) is 101 cm³/mol. The van der Waals surface area contributed by atoms with E-state index < -0.39 is 34.5 Å². The highest BCUT2D eigenvalue weighted by Crippen LogP contribution is 2.32. The highest BCUT2D eigenvalue weighted by atomic mass is 19.1. The Hall–Kier alpha value is -2.77. The van der Waals surface area contributed by atoms with Crippen molar-refractivity contribution in [3.8, 4) is 0 Å². The van der Waals surface area contributed by atoms with Crippen LogP contribution in [0.2, 0.25) is 0 Å². The van der Waals surface area contributed by atoms with E-state index in [9.17, 15) is 23.2 Å². The molecule has 0 aromatic heterocycles. The SMILES string of the molecule is CCOC=C(C(=O)OCC)C(=O)c1cc(F)c(C2CCN(C(C)=O)CC2)cc1F. The van der Waals surface area contributed by atoms with Gasteiger partial charge in [0.2, 0.25) is 11.7 Å². The minimum atomic E-state index is -1.01. The van der Waals surface area contributed by atoms with Gasteiger partial charge in [-0.2, -0.15) is 0 Å². The lowest BCUT2D eigenvalue weighted by atomic mass is 9.87. The van der Waals surface area contributed by atoms with E-state index in [1.54, 1.807) is 18.7 Å². The lowest BCUT2D eigenvalue weighted by molar-refractivity contribution is -0.138. The summed E-state index contributed by atoms with van der Waals surface area (Å²) >= 11 is 0. The maximum Gasteiger partial charge on any atom is 0.345 e. The number of halogens is 2. The second-order valence-corrected chi connectivity index (χ2v) is 6.67. The molecule has 6 nitrogen and oxygen atoms in total. The van der Waals surface area contributed by atoms with Crippen LogP contribution < -0.4 is 0 Å². The summed E-state index contributed by atoms with van der Waals surface area (Å²) in [4.78, 5) is 37.7. The minimum absolute atomic E-state index is 0.0182. The summed E-state index contributed by atoms with van der Waals surface area (Å²) in [6.45, 7) is 5.81. The molecule has 2 rings (SSSR count). The van der Waals surface area contributed by atoms with Crippen molar-refractivity contribution in [2.45, 2.75) is 39.5 Å². The molecule has 1 amide bonds. The molecule has 0 spiro atoms. The Morgan fingerprint density at radius 1 is 1.10 bits per heavy atom. The van der Waals surface area contributed by atoms with Gasteiger partial charge in [-0.05, 0) is 50.3 Å². The Bertz CT molecular complexity index is 814. The van der Waals surface area contributed by atoms with Crippen molar-refractivity contribution in [1.29, 1.82) is 0 Å². The van der Waals surface area contributed by atoms with E-state index in [-0.39, 0.29) is 30.6 Å². The van der Waals surface area contributed by atoms with Crippen LogP contribution in [0.1, 0.15) is 55.5 Å². The van der Waals surface area contributed by atoms with Gasteiger partial charge in [0, 0.05) is 20.0 Å². The molecule has 1 aromatic rings. The van der Waals surface area contributed by atoms with Gasteiger partial charge in [0.25, 0.3) is 0 Å². The van der Waals surface area contributed by atoms with Crippen LogP contribution in [0, 0.1) is 11.6 Å². The molecule has 1 fully saturated rings. The highest BCUT2D eigenvalue weighted by molar-refractivity contribution is 6.24. The van der Waals surface area contributed by atoms with Crippen LogP contribution in [-0.4, -0.2) is 48.9 Å². The Morgan fingerprint density at radius 3 is 2.31 bits per heavy atom. The number of rotatable bonds is 7. The van der Waals surface area contributed by atoms with E-state index in [1.165, 1.54) is 6.92 Å². The van der Waals surface area contributed by atoms with E-state index in [0.717, 1.165) is 18.4 Å². The van der Waals surface area contributed by atoms with Gasteiger partial charge in [-0.25, -0.2) is 13.6 Å². The number of hydrogen-bond acceptors (Lipinski definition) is 5. The quantitative estimate of drug-likeness (QED) is 0.172. The zero-order chi connectivity index (χ0) is 21.6. The molecule has 1 aromatic carbocycles. The number of ether oxygens (including phenoxy) is 2. The Labute approximate surface area is 168 Å². The fourth-order valence-corrected chi connectivity index (χ4v) is 3.27. The monoisotopic (exact) mass is 409 g/mol. The van der Waals surface area contributed by atoms with Crippen molar-refractivity contribution < 1.29 is 32.6 Å². The third kappa shape index (κ3) is 5.40. The van der Waals surface area contributed by atoms with E-state index in [1.807, 2.05) is 0 Å². The molecule has 0 bridgehead atoms. The standard InChI is InChI=1S/C21H25F2NO5/c1-4-28-12-17(21(27)29-5-2)20(26)16-11-18(22)15(10-19(16)23)14-6-8-24(9-7-14)13(3)25/h10-12,14H,4-9H2,1-3H3. The van der Waals surface area contributed by atoms with Gasteiger partial charge < -0.3 is 14.4 Å². The predicted octanol–water partition coefficient (Wildman–Crippen LogP) is 3.36. The Balaban J connectivity index is 2.29. The average Bonchev–Trinajstić information content (AvgIpc) is 2.69. The van der Waals surface area contributed by atoms with Crippen LogP contribution in [0.5, 0.6) is 0 Å². The number of Topliss-reactive ketones (excluding diaryl/α,β-unsaturated/α-hetero) is 1. The van der Waals surface area contributed by atoms with E-state index in [2.05, 4.69) is 0 Å². The molecule has 0 unspecified atom stereocenters. The van der Waals surface area contributed by atoms with Crippen LogP contribution in [0.15, 0.2) is 24.0 Å². The zero-order valence-corrected chi connectivity index (χ0v) is 16.8. The molecule has 1 heterocycles. The Kier molecular flexibility index (Phi) is 7.87. The van der Waals surface area contributed by atoms with Crippen molar-refractivity contribution in [2.24, 2.45) is 0 Å². The molecule has 0 radical (unpaired) electrons. The van der Waals surface area contributed by atoms with Crippen LogP contribution >= 0.6 is 0 Å². The summed E-state index contributed by atoms with van der Waals surface area (Å²) in [6, 6.07) is 1.81. The van der Waals surface area contributed by atoms with Crippen LogP contribution in [0.4, 0.5) is 8.78 Å². The zero-order valence-electron chi connectivity index (χ0n) is 16.8. The van der Waals surface area contributed by atoms with Crippen molar-refractivity contribution >= 4 is 17.7 Å². The molecule has 0 atom stereocenters. The summed E-state index contributed by atoms with van der Waals surface area (Å²) in [7, 11) is 0. The summed E-state index contributed by atoms with van der Waals surface area (Å²) < 4.78 is 39.2. The average molecular weight is 409 g/mol. The van der Waals surface area contributed by atoms with Crippen molar-refractivity contribution in [2.75, 3.05) is 26.3 Å². The fourth-order valence-electron chi connectivity index (χ4n) is 3.27. The summed E-state index contributed by atoms with van der Waals surface area (Å²) in [5.74, 6) is -3.93. The number of nitrogens with zero attached hydrogens (tertiary/aromatic N) is 1. The molecule has 0 N–H and O–H groups in total. The molecule has 29 heavy (non-hydrogen) atoms. The molecule has 1 saturated heterocycles. The largest absolute Gasteiger partial charge is 0.500 e. The number of ketones is 1. The number of amides is 1. The number of hydrogen-bond donors (Lipinski definition) is 0. The molecule has 0 aliphatic carbocycles. The topological polar surface area (TPSA) is 72.9 Å². The van der Waals surface area contributed by atoms with Crippen LogP contribution in [0.3, 0.4) is 0 Å². The van der Waals surface area contributed by atoms with Gasteiger partial charge in [0.1, 0.15) is 23.5 Å². The number of carbonyl (C=O) groups is 3. The maximum atomic E-state index is 14.7. The van der Waals surface area contributed by atoms with Gasteiger partial charge in [0.15, 0.2) is 0 Å². The molecular weight excluding hydrogens is 384 g/mol. The first-order valence-corrected chi connectivity index (χ1v) is 9.58. The van der Waals surface area contributed by atoms with Crippen molar-refractivity contribution in [1.82, 2.24) is 4.90 Å². The summed E-state index contributed by atoms with van der Waals surface area (Å²) in [6.07, 6.45) is 1.91. The summed E-state index contributed by atoms with van der Waals surface area (Å²) in [5.41, 5.74) is -0.908. The van der Waals surface area contributed by atoms with E-state index in [4.69, 9.17) is 9.47 Å². The van der Waals surface area contributed by atoms with Crippen LogP contribution in [0.25, 0.3) is 0 Å². The van der Waals surface area contributed by atoms with E-state index in [0.29, 0.717) is 25.9 Å². The van der Waals surface area contributed by atoms with Gasteiger partial charge >= 0.3 is 5.97 Å². The maximum absolute atomic E-state index is 14.7. The highest BCUT2D eigenvalue weighted by Gasteiger charge is 2.29. The second kappa shape index (κ2) is 10.1. The van der Waals surface area contributed by atoms with Crippen molar-refractivity contribution in [3.63, 3.8) is 0 Å². The van der Waals surface area contributed by atoms with Gasteiger partial charge in [-0.3, -0.25) is 9.59 Å². The molecule has 8 heteroatoms. The third-order valence-electron chi connectivity index (χ3n) is 4.82. The van der Waals surface area contributed by atoms with Crippen molar-refractivity contribution in [3.05, 3.63) is 46.7 Å². The molecule has 158 valence electrons. The number of esters is 1. The number of benzene rings is 1. The van der Waals surface area contributed by atoms with E-state index >= 15 is 0 Å².